The minimum atomic E-state index is -0.443. The van der Waals surface area contributed by atoms with Crippen LogP contribution in [0.1, 0.15) is 13.3 Å². The predicted octanol–water partition coefficient (Wildman–Crippen LogP) is 2.48. The lowest BCUT2D eigenvalue weighted by Gasteiger charge is -2.35. The van der Waals surface area contributed by atoms with Gasteiger partial charge >= 0.3 is 5.97 Å². The van der Waals surface area contributed by atoms with Crippen LogP contribution in [0.15, 0.2) is 42.1 Å². The summed E-state index contributed by atoms with van der Waals surface area (Å²) in [5.74, 6) is -0.129. The molecule has 0 saturated heterocycles. The van der Waals surface area contributed by atoms with Crippen LogP contribution in [0.4, 0.5) is 5.69 Å². The molecule has 98 valence electrons. The number of para-hydroxylation sites is 1. The highest BCUT2D eigenvalue weighted by molar-refractivity contribution is 5.82. The number of methoxy groups -OCH3 is 1. The lowest BCUT2D eigenvalue weighted by molar-refractivity contribution is -0.142. The van der Waals surface area contributed by atoms with Crippen molar-refractivity contribution in [3.63, 3.8) is 0 Å². The van der Waals surface area contributed by atoms with E-state index in [0.717, 1.165) is 5.69 Å². The lowest BCUT2D eigenvalue weighted by Crippen LogP contribution is -2.44. The Balaban J connectivity index is 2.46. The number of rotatable bonds is 2. The molecule has 0 unspecified atom stereocenters. The van der Waals surface area contributed by atoms with Crippen molar-refractivity contribution >= 4 is 11.7 Å². The van der Waals surface area contributed by atoms with Crippen molar-refractivity contribution in [3.05, 3.63) is 42.1 Å². The highest BCUT2D eigenvalue weighted by atomic mass is 16.5. The van der Waals surface area contributed by atoms with Crippen LogP contribution in [0, 0.1) is 17.2 Å². The second-order valence-electron chi connectivity index (χ2n) is 4.62. The first-order valence-electron chi connectivity index (χ1n) is 6.21. The van der Waals surface area contributed by atoms with Gasteiger partial charge in [0.2, 0.25) is 0 Å². The average Bonchev–Trinajstić information content (AvgIpc) is 2.46. The number of ether oxygens (including phenoxy) is 1. The van der Waals surface area contributed by atoms with Crippen LogP contribution in [-0.4, -0.2) is 19.1 Å². The summed E-state index contributed by atoms with van der Waals surface area (Å²) >= 11 is 0. The van der Waals surface area contributed by atoms with Crippen molar-refractivity contribution in [3.8, 4) is 6.07 Å². The monoisotopic (exact) mass is 256 g/mol. The first-order chi connectivity index (χ1) is 9.17. The second kappa shape index (κ2) is 5.57. The Kier molecular flexibility index (Phi) is 3.86. The fourth-order valence-corrected chi connectivity index (χ4v) is 2.38. The number of carbonyl (C=O) groups excluding carboxylic acids is 1. The minimum absolute atomic E-state index is 0.179. The molecule has 0 fully saturated rings. The van der Waals surface area contributed by atoms with Crippen LogP contribution in [0.2, 0.25) is 0 Å². The summed E-state index contributed by atoms with van der Waals surface area (Å²) < 4.78 is 4.87. The molecule has 1 heterocycles. The van der Waals surface area contributed by atoms with Gasteiger partial charge in [0.15, 0.2) is 0 Å². The molecule has 0 N–H and O–H groups in total. The lowest BCUT2D eigenvalue weighted by atomic mass is 9.93. The third kappa shape index (κ3) is 2.60. The fraction of sp³-hybridized carbons (Fsp3) is 0.333. The molecular weight excluding hydrogens is 240 g/mol. The smallest absolute Gasteiger partial charge is 0.328 e. The highest BCUT2D eigenvalue weighted by Gasteiger charge is 2.34. The first-order valence-corrected chi connectivity index (χ1v) is 6.21. The maximum absolute atomic E-state index is 12.0. The molecular formula is C15H16N2O2. The molecule has 1 aromatic rings. The van der Waals surface area contributed by atoms with Gasteiger partial charge in [0.05, 0.1) is 7.11 Å². The van der Waals surface area contributed by atoms with E-state index in [4.69, 9.17) is 4.74 Å². The average molecular weight is 256 g/mol. The third-order valence-corrected chi connectivity index (χ3v) is 3.23. The predicted molar refractivity (Wildman–Crippen MR) is 72.2 cm³/mol. The molecule has 0 saturated carbocycles. The molecule has 1 aliphatic heterocycles. The quantitative estimate of drug-likeness (QED) is 0.763. The van der Waals surface area contributed by atoms with E-state index in [9.17, 15) is 10.1 Å². The number of hydrogen-bond donors (Lipinski definition) is 0. The maximum Gasteiger partial charge on any atom is 0.328 e. The van der Waals surface area contributed by atoms with Crippen molar-refractivity contribution in [1.29, 1.82) is 5.26 Å². The van der Waals surface area contributed by atoms with Crippen LogP contribution in [0.3, 0.4) is 0 Å². The molecule has 4 nitrogen and oxygen atoms in total. The first kappa shape index (κ1) is 13.2. The molecule has 0 radical (unpaired) electrons. The fourth-order valence-electron chi connectivity index (χ4n) is 2.38. The molecule has 1 aromatic carbocycles. The Morgan fingerprint density at radius 1 is 1.42 bits per heavy atom. The van der Waals surface area contributed by atoms with Crippen LogP contribution in [-0.2, 0) is 9.53 Å². The van der Waals surface area contributed by atoms with Gasteiger partial charge in [-0.25, -0.2) is 4.79 Å². The van der Waals surface area contributed by atoms with Gasteiger partial charge in [0, 0.05) is 5.69 Å². The molecule has 2 atom stereocenters. The summed E-state index contributed by atoms with van der Waals surface area (Å²) in [6, 6.07) is 11.2. The van der Waals surface area contributed by atoms with Gasteiger partial charge in [0.1, 0.15) is 17.8 Å². The Hall–Kier alpha value is -2.28. The van der Waals surface area contributed by atoms with Crippen molar-refractivity contribution in [2.24, 2.45) is 5.92 Å². The largest absolute Gasteiger partial charge is 0.467 e. The maximum atomic E-state index is 12.0. The molecule has 19 heavy (non-hydrogen) atoms. The third-order valence-electron chi connectivity index (χ3n) is 3.23. The van der Waals surface area contributed by atoms with E-state index in [1.807, 2.05) is 43.3 Å². The Morgan fingerprint density at radius 2 is 2.11 bits per heavy atom. The minimum Gasteiger partial charge on any atom is -0.467 e. The van der Waals surface area contributed by atoms with Crippen LogP contribution < -0.4 is 4.90 Å². The van der Waals surface area contributed by atoms with E-state index in [0.29, 0.717) is 12.1 Å². The molecule has 1 aliphatic rings. The Bertz CT molecular complexity index is 531. The van der Waals surface area contributed by atoms with Crippen molar-refractivity contribution < 1.29 is 9.53 Å². The zero-order valence-electron chi connectivity index (χ0n) is 11.0. The summed E-state index contributed by atoms with van der Waals surface area (Å²) in [4.78, 5) is 13.7. The van der Waals surface area contributed by atoms with Crippen molar-refractivity contribution in [2.75, 3.05) is 12.0 Å². The Labute approximate surface area is 112 Å². The topological polar surface area (TPSA) is 53.3 Å². The zero-order chi connectivity index (χ0) is 13.8. The molecule has 0 amide bonds. The van der Waals surface area contributed by atoms with E-state index < -0.39 is 6.04 Å². The summed E-state index contributed by atoms with van der Waals surface area (Å²) in [5.41, 5.74) is 1.33. The van der Waals surface area contributed by atoms with Crippen molar-refractivity contribution in [2.45, 2.75) is 19.4 Å². The number of anilines is 1. The number of esters is 1. The summed E-state index contributed by atoms with van der Waals surface area (Å²) in [6.07, 6.45) is 2.54. The molecule has 0 spiro atoms. The van der Waals surface area contributed by atoms with Crippen molar-refractivity contribution in [1.82, 2.24) is 0 Å². The van der Waals surface area contributed by atoms with E-state index >= 15 is 0 Å². The van der Waals surface area contributed by atoms with Gasteiger partial charge in [-0.3, -0.25) is 0 Å². The number of hydrogen-bond acceptors (Lipinski definition) is 4. The number of nitrogens with zero attached hydrogens (tertiary/aromatic N) is 2. The van der Waals surface area contributed by atoms with Crippen LogP contribution >= 0.6 is 0 Å². The van der Waals surface area contributed by atoms with E-state index in [1.165, 1.54) is 7.11 Å². The molecule has 0 aromatic heterocycles. The summed E-state index contributed by atoms with van der Waals surface area (Å²) in [7, 11) is 1.38. The van der Waals surface area contributed by atoms with Gasteiger partial charge in [-0.15, -0.1) is 0 Å². The van der Waals surface area contributed by atoms with Gasteiger partial charge in [-0.2, -0.15) is 5.26 Å². The van der Waals surface area contributed by atoms with E-state index in [1.54, 1.807) is 4.90 Å². The Morgan fingerprint density at radius 3 is 2.68 bits per heavy atom. The number of benzene rings is 1. The van der Waals surface area contributed by atoms with Gasteiger partial charge < -0.3 is 9.64 Å². The molecule has 0 aliphatic carbocycles. The summed E-state index contributed by atoms with van der Waals surface area (Å²) in [6.45, 7) is 2.00. The van der Waals surface area contributed by atoms with Gasteiger partial charge in [0.25, 0.3) is 0 Å². The molecule has 2 rings (SSSR count). The zero-order valence-corrected chi connectivity index (χ0v) is 11.0. The number of carbonyl (C=O) groups is 1. The normalized spacial score (nSPS) is 22.4. The van der Waals surface area contributed by atoms with Crippen LogP contribution in [0.5, 0.6) is 0 Å². The van der Waals surface area contributed by atoms with Gasteiger partial charge in [-0.1, -0.05) is 25.1 Å². The molecule has 0 bridgehead atoms. The SMILES string of the molecule is COC(=O)[C@H]1C[C@@H](C)C=C(C#N)N1c1ccccc1. The standard InChI is InChI=1S/C15H16N2O2/c1-11-8-13(10-16)17(12-6-4-3-5-7-12)14(9-11)15(18)19-2/h3-8,11,14H,9H2,1-2H3/t11-,14+/m0/s1. The number of allylic oxidation sites excluding steroid dienone is 2. The molecule has 4 heteroatoms. The van der Waals surface area contributed by atoms with E-state index in [2.05, 4.69) is 6.07 Å². The second-order valence-corrected chi connectivity index (χ2v) is 4.62. The highest BCUT2D eigenvalue weighted by Crippen LogP contribution is 2.31. The summed E-state index contributed by atoms with van der Waals surface area (Å²) in [5, 5.41) is 9.30. The van der Waals surface area contributed by atoms with Crippen LogP contribution in [0.25, 0.3) is 0 Å². The number of nitriles is 1. The van der Waals surface area contributed by atoms with E-state index in [-0.39, 0.29) is 11.9 Å². The van der Waals surface area contributed by atoms with Gasteiger partial charge in [-0.05, 0) is 30.5 Å².